The number of aliphatic imine (C=N–C) groups is 1. The minimum Gasteiger partial charge on any atom is -0.467 e. The van der Waals surface area contributed by atoms with E-state index in [1.807, 2.05) is 0 Å². The first-order valence-electron chi connectivity index (χ1n) is 6.01. The number of aromatic nitrogens is 1. The molecule has 2 heterocycles. The van der Waals surface area contributed by atoms with Crippen LogP contribution in [0, 0.1) is 0 Å². The predicted octanol–water partition coefficient (Wildman–Crippen LogP) is 1.68. The summed E-state index contributed by atoms with van der Waals surface area (Å²) in [5.74, 6) is -0.803. The topological polar surface area (TPSA) is 60.8 Å². The van der Waals surface area contributed by atoms with Crippen LogP contribution in [-0.4, -0.2) is 42.7 Å². The van der Waals surface area contributed by atoms with E-state index < -0.39 is 17.7 Å². The number of ether oxygens (including phenoxy) is 2. The Hall–Kier alpha value is -2.08. The second-order valence-corrected chi connectivity index (χ2v) is 4.38. The number of allylic oxidation sites excluding steroid dienone is 1. The van der Waals surface area contributed by atoms with Crippen LogP contribution < -0.4 is 0 Å². The third-order valence-electron chi connectivity index (χ3n) is 3.14. The normalized spacial score (nSPS) is 25.7. The summed E-state index contributed by atoms with van der Waals surface area (Å²) in [6.07, 6.45) is 2.63. The largest absolute Gasteiger partial charge is 0.467 e. The molecule has 1 aromatic rings. The van der Waals surface area contributed by atoms with E-state index in [1.165, 1.54) is 26.5 Å². The molecule has 5 nitrogen and oxygen atoms in total. The average molecular weight is 278 g/mol. The molecule has 0 bridgehead atoms. The van der Waals surface area contributed by atoms with E-state index in [-0.39, 0.29) is 5.71 Å². The molecule has 20 heavy (non-hydrogen) atoms. The van der Waals surface area contributed by atoms with Gasteiger partial charge in [0.2, 0.25) is 5.60 Å². The molecule has 0 aromatic carbocycles. The number of rotatable bonds is 3. The van der Waals surface area contributed by atoms with Crippen LogP contribution in [0.25, 0.3) is 0 Å². The van der Waals surface area contributed by atoms with E-state index in [4.69, 9.17) is 4.74 Å². The Labute approximate surface area is 116 Å². The number of carbonyl (C=O) groups is 1. The molecule has 0 amide bonds. The van der Waals surface area contributed by atoms with Gasteiger partial charge >= 0.3 is 5.97 Å². The van der Waals surface area contributed by atoms with Gasteiger partial charge in [0, 0.05) is 30.8 Å². The summed E-state index contributed by atoms with van der Waals surface area (Å²) in [6.45, 7) is 1.67. The van der Waals surface area contributed by atoms with E-state index in [0.717, 1.165) is 0 Å². The second-order valence-electron chi connectivity index (χ2n) is 4.38. The number of carbonyl (C=O) groups excluding carboxylic acids is 1. The highest BCUT2D eigenvalue weighted by Gasteiger charge is 2.51. The maximum Gasteiger partial charge on any atom is 0.345 e. The maximum atomic E-state index is 14.8. The van der Waals surface area contributed by atoms with Crippen LogP contribution in [0.5, 0.6) is 0 Å². The predicted molar refractivity (Wildman–Crippen MR) is 71.2 cm³/mol. The number of hydrogen-bond donors (Lipinski definition) is 0. The van der Waals surface area contributed by atoms with E-state index in [2.05, 4.69) is 14.7 Å². The lowest BCUT2D eigenvalue weighted by Gasteiger charge is -2.33. The average Bonchev–Trinajstić information content (AvgIpc) is 2.49. The first-order valence-corrected chi connectivity index (χ1v) is 6.01. The minimum absolute atomic E-state index is 0.102. The van der Waals surface area contributed by atoms with Crippen LogP contribution in [0.1, 0.15) is 12.5 Å². The highest BCUT2D eigenvalue weighted by atomic mass is 19.1. The maximum absolute atomic E-state index is 14.8. The molecule has 1 aliphatic rings. The second kappa shape index (κ2) is 5.50. The molecule has 0 fully saturated rings. The van der Waals surface area contributed by atoms with Crippen molar-refractivity contribution >= 4 is 11.7 Å². The summed E-state index contributed by atoms with van der Waals surface area (Å²) < 4.78 is 24.6. The van der Waals surface area contributed by atoms with Gasteiger partial charge in [-0.3, -0.25) is 9.98 Å². The molecule has 6 heteroatoms. The number of pyridine rings is 1. The first kappa shape index (κ1) is 14.3. The Balaban J connectivity index is 2.52. The SMILES string of the molecule is COC(=O)C1(OC)C=C(C)N=C(c2cccnc2)C1F. The zero-order valence-electron chi connectivity index (χ0n) is 11.5. The first-order chi connectivity index (χ1) is 9.55. The molecular formula is C14H15FN2O3. The van der Waals surface area contributed by atoms with Gasteiger partial charge in [-0.1, -0.05) is 0 Å². The molecule has 0 saturated carbocycles. The third kappa shape index (κ3) is 2.22. The zero-order chi connectivity index (χ0) is 14.8. The summed E-state index contributed by atoms with van der Waals surface area (Å²) in [5, 5.41) is 0. The standard InChI is InChI=1S/C14H15FN2O3/c1-9-7-14(20-3,13(18)19-2)12(15)11(17-9)10-5-4-6-16-8-10/h4-8,12H,1-3H3. The number of alkyl halides is 1. The summed E-state index contributed by atoms with van der Waals surface area (Å²) in [5.41, 5.74) is -0.737. The molecule has 0 radical (unpaired) electrons. The highest BCUT2D eigenvalue weighted by Crippen LogP contribution is 2.31. The fourth-order valence-electron chi connectivity index (χ4n) is 2.16. The lowest BCUT2D eigenvalue weighted by Crippen LogP contribution is -2.53. The summed E-state index contributed by atoms with van der Waals surface area (Å²) >= 11 is 0. The van der Waals surface area contributed by atoms with Crippen molar-refractivity contribution in [2.75, 3.05) is 14.2 Å². The van der Waals surface area contributed by atoms with E-state index in [9.17, 15) is 9.18 Å². The molecule has 2 atom stereocenters. The van der Waals surface area contributed by atoms with Crippen molar-refractivity contribution in [2.24, 2.45) is 4.99 Å². The van der Waals surface area contributed by atoms with Gasteiger partial charge in [-0.15, -0.1) is 0 Å². The summed E-state index contributed by atoms with van der Waals surface area (Å²) in [6, 6.07) is 3.35. The molecule has 1 aromatic heterocycles. The van der Waals surface area contributed by atoms with Gasteiger partial charge in [-0.05, 0) is 25.1 Å². The number of methoxy groups -OCH3 is 2. The van der Waals surface area contributed by atoms with Crippen molar-refractivity contribution < 1.29 is 18.7 Å². The monoisotopic (exact) mass is 278 g/mol. The van der Waals surface area contributed by atoms with Crippen LogP contribution >= 0.6 is 0 Å². The van der Waals surface area contributed by atoms with Crippen molar-refractivity contribution in [3.8, 4) is 0 Å². The Morgan fingerprint density at radius 2 is 2.20 bits per heavy atom. The van der Waals surface area contributed by atoms with E-state index >= 15 is 0 Å². The molecule has 2 rings (SSSR count). The smallest absolute Gasteiger partial charge is 0.345 e. The molecular weight excluding hydrogens is 263 g/mol. The molecule has 0 spiro atoms. The van der Waals surface area contributed by atoms with Gasteiger partial charge in [0.05, 0.1) is 12.8 Å². The van der Waals surface area contributed by atoms with Crippen molar-refractivity contribution in [1.29, 1.82) is 0 Å². The molecule has 2 unspecified atom stereocenters. The molecule has 0 aliphatic carbocycles. The lowest BCUT2D eigenvalue weighted by molar-refractivity contribution is -0.164. The van der Waals surface area contributed by atoms with Crippen molar-refractivity contribution in [3.63, 3.8) is 0 Å². The van der Waals surface area contributed by atoms with Crippen LogP contribution in [0.2, 0.25) is 0 Å². The molecule has 106 valence electrons. The van der Waals surface area contributed by atoms with Gasteiger partial charge in [0.25, 0.3) is 0 Å². The Morgan fingerprint density at radius 1 is 1.45 bits per heavy atom. The number of nitrogens with zero attached hydrogens (tertiary/aromatic N) is 2. The summed E-state index contributed by atoms with van der Waals surface area (Å²) in [7, 11) is 2.45. The zero-order valence-corrected chi connectivity index (χ0v) is 11.5. The Kier molecular flexibility index (Phi) is 3.94. The summed E-state index contributed by atoms with van der Waals surface area (Å²) in [4.78, 5) is 20.1. The van der Waals surface area contributed by atoms with E-state index in [0.29, 0.717) is 11.3 Å². The fourth-order valence-corrected chi connectivity index (χ4v) is 2.16. The molecule has 1 aliphatic heterocycles. The Morgan fingerprint density at radius 3 is 2.75 bits per heavy atom. The number of esters is 1. The van der Waals surface area contributed by atoms with Crippen LogP contribution in [0.3, 0.4) is 0 Å². The number of halogens is 1. The van der Waals surface area contributed by atoms with E-state index in [1.54, 1.807) is 25.3 Å². The van der Waals surface area contributed by atoms with Gasteiger partial charge in [-0.2, -0.15) is 0 Å². The lowest BCUT2D eigenvalue weighted by atomic mass is 9.88. The van der Waals surface area contributed by atoms with Gasteiger partial charge in [-0.25, -0.2) is 9.18 Å². The Bertz CT molecular complexity index is 571. The fraction of sp³-hybridized carbons (Fsp3) is 0.357. The van der Waals surface area contributed by atoms with Gasteiger partial charge in [0.1, 0.15) is 0 Å². The van der Waals surface area contributed by atoms with Crippen LogP contribution in [-0.2, 0) is 14.3 Å². The molecule has 0 N–H and O–H groups in total. The van der Waals surface area contributed by atoms with Crippen LogP contribution in [0.15, 0.2) is 41.3 Å². The molecule has 0 saturated heterocycles. The quantitative estimate of drug-likeness (QED) is 0.789. The minimum atomic E-state index is -1.81. The van der Waals surface area contributed by atoms with Gasteiger partial charge < -0.3 is 9.47 Å². The number of hydrogen-bond acceptors (Lipinski definition) is 5. The van der Waals surface area contributed by atoms with Crippen LogP contribution in [0.4, 0.5) is 4.39 Å². The highest BCUT2D eigenvalue weighted by molar-refractivity contribution is 6.09. The van der Waals surface area contributed by atoms with Crippen molar-refractivity contribution in [2.45, 2.75) is 18.7 Å². The van der Waals surface area contributed by atoms with Crippen molar-refractivity contribution in [1.82, 2.24) is 4.98 Å². The van der Waals surface area contributed by atoms with Crippen molar-refractivity contribution in [3.05, 3.63) is 41.9 Å². The van der Waals surface area contributed by atoms with Gasteiger partial charge in [0.15, 0.2) is 6.17 Å². The third-order valence-corrected chi connectivity index (χ3v) is 3.14.